The number of methoxy groups -OCH3 is 3. The smallest absolute Gasteiger partial charge is 0.344 e. The van der Waals surface area contributed by atoms with Crippen molar-refractivity contribution in [2.24, 2.45) is 86.3 Å². The van der Waals surface area contributed by atoms with Crippen LogP contribution in [0.5, 0.6) is 0 Å². The second-order valence-electron chi connectivity index (χ2n) is 25.0. The molecule has 5 saturated heterocycles. The Morgan fingerprint density at radius 2 is 0.882 bits per heavy atom. The van der Waals surface area contributed by atoms with Gasteiger partial charge in [0.1, 0.15) is 48.6 Å². The SMILES string of the molecule is C=C(C)C(=O)OCC(=O)OC1C2CC3C1OC(=O)C3(C(=O)OC)C2.COC(=O)C12CC3CC1C(OC2=O)C3O.COC(=O)C12CC3CC1C(OC2=O)C3OC(=O)CCl.N#CC12CC3CC1C(OC2=O)C3O.O=C(O)C12CC3CC1C(OC2=O)C3O. The first-order chi connectivity index (χ1) is 40.2. The zero-order valence-electron chi connectivity index (χ0n) is 46.2. The van der Waals surface area contributed by atoms with Crippen molar-refractivity contribution < 1.29 is 130 Å². The molecule has 10 aliphatic carbocycles. The van der Waals surface area contributed by atoms with Crippen LogP contribution < -0.4 is 0 Å². The van der Waals surface area contributed by atoms with E-state index in [4.69, 9.17) is 74.1 Å². The highest BCUT2D eigenvalue weighted by Crippen LogP contribution is 2.66. The predicted molar refractivity (Wildman–Crippen MR) is 266 cm³/mol. The number of carbonyl (C=O) groups is 12. The molecule has 0 aromatic heterocycles. The summed E-state index contributed by atoms with van der Waals surface area (Å²) in [5, 5.41) is 47.1. The summed E-state index contributed by atoms with van der Waals surface area (Å²) < 4.78 is 55.1. The van der Waals surface area contributed by atoms with Gasteiger partial charge in [0.05, 0.1) is 45.7 Å². The zero-order valence-corrected chi connectivity index (χ0v) is 47.0. The van der Waals surface area contributed by atoms with E-state index in [0.717, 1.165) is 6.42 Å². The lowest BCUT2D eigenvalue weighted by Gasteiger charge is -2.29. The number of carbonyl (C=O) groups excluding carboxylic acids is 11. The van der Waals surface area contributed by atoms with Crippen LogP contribution in [0.15, 0.2) is 12.2 Å². The molecule has 0 spiro atoms. The first-order valence-corrected chi connectivity index (χ1v) is 28.5. The molecule has 460 valence electrons. The maximum atomic E-state index is 12.2. The van der Waals surface area contributed by atoms with Crippen molar-refractivity contribution in [1.82, 2.24) is 0 Å². The van der Waals surface area contributed by atoms with Crippen molar-refractivity contribution in [3.63, 3.8) is 0 Å². The van der Waals surface area contributed by atoms with Gasteiger partial charge < -0.3 is 72.5 Å². The Morgan fingerprint density at radius 1 is 0.541 bits per heavy atom. The van der Waals surface area contributed by atoms with E-state index >= 15 is 0 Å². The summed E-state index contributed by atoms with van der Waals surface area (Å²) in [5.74, 6) is -9.01. The molecule has 5 heterocycles. The highest BCUT2D eigenvalue weighted by Gasteiger charge is 2.79. The minimum atomic E-state index is -1.34. The number of carboxylic acids is 1. The zero-order chi connectivity index (χ0) is 61.5. The molecular formula is C56H62ClNO27. The number of nitriles is 1. The van der Waals surface area contributed by atoms with E-state index in [9.17, 15) is 72.9 Å². The van der Waals surface area contributed by atoms with Crippen LogP contribution in [0, 0.1) is 97.6 Å². The monoisotopic (exact) mass is 1220 g/mol. The molecule has 28 nitrogen and oxygen atoms in total. The number of alkyl halides is 1. The highest BCUT2D eigenvalue weighted by molar-refractivity contribution is 6.26. The van der Waals surface area contributed by atoms with Crippen molar-refractivity contribution in [3.05, 3.63) is 12.2 Å². The molecule has 10 saturated carbocycles. The third kappa shape index (κ3) is 8.20. The van der Waals surface area contributed by atoms with Crippen molar-refractivity contribution in [1.29, 1.82) is 5.26 Å². The fourth-order valence-corrected chi connectivity index (χ4v) is 17.8. The Balaban J connectivity index is 0.000000112. The number of halogens is 1. The van der Waals surface area contributed by atoms with Gasteiger partial charge in [-0.1, -0.05) is 6.58 Å². The molecule has 10 bridgehead atoms. The first kappa shape index (κ1) is 59.8. The summed E-state index contributed by atoms with van der Waals surface area (Å²) in [6, 6.07) is 2.08. The molecule has 15 rings (SSSR count). The van der Waals surface area contributed by atoms with Crippen LogP contribution in [-0.4, -0.2) is 187 Å². The lowest BCUT2D eigenvalue weighted by Crippen LogP contribution is -2.45. The Bertz CT molecular complexity index is 3030. The third-order valence-electron chi connectivity index (χ3n) is 21.5. The molecule has 5 aliphatic heterocycles. The van der Waals surface area contributed by atoms with E-state index in [-0.39, 0.29) is 83.5 Å². The maximum absolute atomic E-state index is 12.2. The van der Waals surface area contributed by atoms with Crippen LogP contribution in [0.3, 0.4) is 0 Å². The Labute approximate surface area is 487 Å². The largest absolute Gasteiger partial charge is 0.480 e. The lowest BCUT2D eigenvalue weighted by molar-refractivity contribution is -0.168. The second kappa shape index (κ2) is 20.9. The Morgan fingerprint density at radius 3 is 1.28 bits per heavy atom. The van der Waals surface area contributed by atoms with Crippen molar-refractivity contribution in [2.75, 3.05) is 33.8 Å². The van der Waals surface area contributed by atoms with Gasteiger partial charge >= 0.3 is 71.6 Å². The fraction of sp³-hybridized carbons (Fsp3) is 0.732. The topological polar surface area (TPSA) is 411 Å². The summed E-state index contributed by atoms with van der Waals surface area (Å²) >= 11 is 5.41. The standard InChI is InChI=1S/C16H18O8.C12H13ClO6.C10H12O5.C9H9NO3.C9H10O5/c1-7(2)13(18)22-6-10(17)23-11-8-4-9-12(11)24-15(20)16(9,5-8)14(19)21-3;1-17-10(15)12-3-5-2-6(12)9(19-11(12)16)8(5)18-7(14)4-13;1-14-8(12)10-3-4-2-5(10)7(6(4)11)15-9(10)13;10-3-9-2-4-1-5(9)7(6(4)11)13-8(9)12;10-5-3-1-4-6(5)14-8(13)9(4,2-3)7(11)12/h8-9,11-12H,1,4-6H2,2-3H3;5-6,8-9H,2-4H2,1H3;4-7,11H,2-3H2,1H3;4-7,11H,1-2H2;3-6,10H,1-2H2,(H,11,12). The van der Waals surface area contributed by atoms with Gasteiger partial charge in [0.2, 0.25) is 0 Å². The van der Waals surface area contributed by atoms with Gasteiger partial charge in [0.15, 0.2) is 33.7 Å². The van der Waals surface area contributed by atoms with Gasteiger partial charge in [-0.2, -0.15) is 5.26 Å². The summed E-state index contributed by atoms with van der Waals surface area (Å²) in [5.41, 5.74) is -5.63. The molecule has 25 atom stereocenters. The van der Waals surface area contributed by atoms with E-state index in [1.165, 1.54) is 28.3 Å². The molecule has 25 unspecified atom stereocenters. The molecule has 29 heteroatoms. The Hall–Kier alpha value is -6.96. The van der Waals surface area contributed by atoms with Gasteiger partial charge in [-0.05, 0) is 88.9 Å². The summed E-state index contributed by atoms with van der Waals surface area (Å²) in [7, 11) is 3.77. The van der Waals surface area contributed by atoms with Crippen LogP contribution in [0.4, 0.5) is 0 Å². The quantitative estimate of drug-likeness (QED) is 0.0676. The normalized spacial score (nSPS) is 45.8. The fourth-order valence-electron chi connectivity index (χ4n) is 17.8. The van der Waals surface area contributed by atoms with Crippen molar-refractivity contribution in [3.8, 4) is 6.07 Å². The molecule has 85 heavy (non-hydrogen) atoms. The average molecular weight is 1220 g/mol. The van der Waals surface area contributed by atoms with E-state index in [1.807, 2.05) is 0 Å². The van der Waals surface area contributed by atoms with Crippen molar-refractivity contribution in [2.45, 2.75) is 132 Å². The molecule has 0 aromatic rings. The summed E-state index contributed by atoms with van der Waals surface area (Å²) in [4.78, 5) is 140. The number of hydrogen-bond acceptors (Lipinski definition) is 27. The second-order valence-corrected chi connectivity index (χ2v) is 25.3. The maximum Gasteiger partial charge on any atom is 0.344 e. The van der Waals surface area contributed by atoms with E-state index in [0.29, 0.717) is 44.9 Å². The molecule has 0 aromatic carbocycles. The van der Waals surface area contributed by atoms with Crippen molar-refractivity contribution >= 4 is 83.2 Å². The molecular weight excluding hydrogens is 1150 g/mol. The van der Waals surface area contributed by atoms with Crippen LogP contribution in [0.1, 0.15) is 71.1 Å². The lowest BCUT2D eigenvalue weighted by atomic mass is 9.73. The minimum Gasteiger partial charge on any atom is -0.480 e. The van der Waals surface area contributed by atoms with Crippen LogP contribution in [0.2, 0.25) is 0 Å². The summed E-state index contributed by atoms with van der Waals surface area (Å²) in [6.45, 7) is 4.34. The number of hydrogen-bond donors (Lipinski definition) is 4. The molecule has 15 fully saturated rings. The number of ether oxygens (including phenoxy) is 11. The number of carboxylic acid groups (broad SMARTS) is 1. The van der Waals surface area contributed by atoms with Crippen LogP contribution in [0.25, 0.3) is 0 Å². The van der Waals surface area contributed by atoms with E-state index in [2.05, 4.69) is 12.6 Å². The van der Waals surface area contributed by atoms with E-state index < -0.39 is 166 Å². The highest BCUT2D eigenvalue weighted by atomic mass is 35.5. The third-order valence-corrected chi connectivity index (χ3v) is 21.7. The van der Waals surface area contributed by atoms with Gasteiger partial charge in [-0.25, -0.2) is 9.59 Å². The number of nitrogens with zero attached hydrogens (tertiary/aromatic N) is 1. The van der Waals surface area contributed by atoms with Gasteiger partial charge in [-0.3, -0.25) is 47.9 Å². The van der Waals surface area contributed by atoms with Gasteiger partial charge in [0, 0.05) is 47.0 Å². The average Bonchev–Trinajstić information content (AvgIpc) is 1.85. The molecule has 0 radical (unpaired) electrons. The molecule has 15 aliphatic rings. The van der Waals surface area contributed by atoms with Crippen LogP contribution >= 0.6 is 11.6 Å². The predicted octanol–water partition coefficient (Wildman–Crippen LogP) is -0.918. The minimum absolute atomic E-state index is 0.00514. The number of rotatable bonds is 10. The van der Waals surface area contributed by atoms with Gasteiger partial charge in [0.25, 0.3) is 0 Å². The summed E-state index contributed by atoms with van der Waals surface area (Å²) in [6.07, 6.45) is -0.653. The first-order valence-electron chi connectivity index (χ1n) is 28.0. The van der Waals surface area contributed by atoms with Crippen LogP contribution in [-0.2, 0) is 110 Å². The number of fused-ring (bicyclic) bond motifs is 5. The number of aliphatic hydroxyl groups is 3. The number of aliphatic carboxylic acids is 1. The Kier molecular flexibility index (Phi) is 14.7. The van der Waals surface area contributed by atoms with Gasteiger partial charge in [-0.15, -0.1) is 11.6 Å². The number of aliphatic hydroxyl groups excluding tert-OH is 3. The molecule has 4 N–H and O–H groups in total. The van der Waals surface area contributed by atoms with E-state index in [1.54, 1.807) is 0 Å². The molecule has 0 amide bonds. The number of esters is 11.